The molecule has 28 heavy (non-hydrogen) atoms. The standard InChI is InChI=1S/C20H21N5O3/c1-27-17-9-5-8-16(14-17)19-21-23-25(22-19)18(15-6-3-2-4-7-15)20(26)24-10-12-28-13-11-24/h2-9,14,18H,10-13H2,1H3. The van der Waals surface area contributed by atoms with Crippen molar-refractivity contribution in [3.63, 3.8) is 0 Å². The van der Waals surface area contributed by atoms with Crippen LogP contribution in [0.25, 0.3) is 11.4 Å². The molecule has 2 heterocycles. The molecule has 0 bridgehead atoms. The van der Waals surface area contributed by atoms with Gasteiger partial charge in [-0.2, -0.15) is 0 Å². The zero-order chi connectivity index (χ0) is 19.3. The van der Waals surface area contributed by atoms with Crippen molar-refractivity contribution in [2.45, 2.75) is 6.04 Å². The van der Waals surface area contributed by atoms with Crippen LogP contribution in [0.3, 0.4) is 0 Å². The first-order valence-electron chi connectivity index (χ1n) is 9.11. The Morgan fingerprint density at radius 2 is 1.89 bits per heavy atom. The summed E-state index contributed by atoms with van der Waals surface area (Å²) in [6, 6.07) is 16.3. The van der Waals surface area contributed by atoms with Crippen molar-refractivity contribution in [1.29, 1.82) is 0 Å². The largest absolute Gasteiger partial charge is 0.497 e. The summed E-state index contributed by atoms with van der Waals surface area (Å²) in [4.78, 5) is 16.4. The van der Waals surface area contributed by atoms with E-state index in [4.69, 9.17) is 9.47 Å². The fraction of sp³-hybridized carbons (Fsp3) is 0.300. The van der Waals surface area contributed by atoms with E-state index in [0.29, 0.717) is 37.9 Å². The van der Waals surface area contributed by atoms with Gasteiger partial charge in [-0.25, -0.2) is 0 Å². The number of carbonyl (C=O) groups excluding carboxylic acids is 1. The minimum atomic E-state index is -0.675. The normalized spacial score (nSPS) is 15.2. The van der Waals surface area contributed by atoms with Crippen LogP contribution in [0.5, 0.6) is 5.75 Å². The monoisotopic (exact) mass is 379 g/mol. The van der Waals surface area contributed by atoms with E-state index in [1.807, 2.05) is 54.6 Å². The van der Waals surface area contributed by atoms with Crippen molar-refractivity contribution in [2.75, 3.05) is 33.4 Å². The summed E-state index contributed by atoms with van der Waals surface area (Å²) >= 11 is 0. The molecular weight excluding hydrogens is 358 g/mol. The third-order valence-electron chi connectivity index (χ3n) is 4.66. The summed E-state index contributed by atoms with van der Waals surface area (Å²) in [7, 11) is 1.61. The second-order valence-electron chi connectivity index (χ2n) is 6.42. The molecule has 0 aliphatic carbocycles. The van der Waals surface area contributed by atoms with E-state index in [9.17, 15) is 4.79 Å². The zero-order valence-corrected chi connectivity index (χ0v) is 15.6. The number of hydrogen-bond donors (Lipinski definition) is 0. The van der Waals surface area contributed by atoms with E-state index in [1.165, 1.54) is 4.80 Å². The van der Waals surface area contributed by atoms with Crippen molar-refractivity contribution in [2.24, 2.45) is 0 Å². The Morgan fingerprint density at radius 3 is 2.64 bits per heavy atom. The molecule has 1 aromatic heterocycles. The van der Waals surface area contributed by atoms with Crippen LogP contribution in [0.15, 0.2) is 54.6 Å². The molecule has 1 saturated heterocycles. The number of tetrazole rings is 1. The van der Waals surface area contributed by atoms with Gasteiger partial charge in [0.15, 0.2) is 6.04 Å². The molecule has 1 aliphatic heterocycles. The molecule has 2 aromatic carbocycles. The molecule has 1 unspecified atom stereocenters. The quantitative estimate of drug-likeness (QED) is 0.672. The first-order valence-corrected chi connectivity index (χ1v) is 9.11. The highest BCUT2D eigenvalue weighted by molar-refractivity contribution is 5.83. The molecule has 144 valence electrons. The lowest BCUT2D eigenvalue weighted by Crippen LogP contribution is -2.45. The van der Waals surface area contributed by atoms with Crippen LogP contribution in [0.2, 0.25) is 0 Å². The van der Waals surface area contributed by atoms with Crippen molar-refractivity contribution in [3.05, 3.63) is 60.2 Å². The van der Waals surface area contributed by atoms with Crippen molar-refractivity contribution in [3.8, 4) is 17.1 Å². The predicted molar refractivity (Wildman–Crippen MR) is 102 cm³/mol. The lowest BCUT2D eigenvalue weighted by atomic mass is 10.1. The lowest BCUT2D eigenvalue weighted by molar-refractivity contribution is -0.138. The molecule has 1 amide bonds. The summed E-state index contributed by atoms with van der Waals surface area (Å²) in [5.74, 6) is 1.08. The maximum Gasteiger partial charge on any atom is 0.254 e. The predicted octanol–water partition coefficient (Wildman–Crippen LogP) is 1.80. The third kappa shape index (κ3) is 3.72. The number of rotatable bonds is 5. The molecule has 4 rings (SSSR count). The van der Waals surface area contributed by atoms with Gasteiger partial charge in [0.25, 0.3) is 5.91 Å². The second kappa shape index (κ2) is 8.18. The lowest BCUT2D eigenvalue weighted by Gasteiger charge is -2.30. The molecule has 8 heteroatoms. The molecule has 0 radical (unpaired) electrons. The fourth-order valence-electron chi connectivity index (χ4n) is 3.18. The topological polar surface area (TPSA) is 82.4 Å². The van der Waals surface area contributed by atoms with Crippen LogP contribution in [0.1, 0.15) is 11.6 Å². The van der Waals surface area contributed by atoms with Gasteiger partial charge < -0.3 is 14.4 Å². The average molecular weight is 379 g/mol. The highest BCUT2D eigenvalue weighted by Gasteiger charge is 2.31. The number of amides is 1. The van der Waals surface area contributed by atoms with Crippen molar-refractivity contribution in [1.82, 2.24) is 25.1 Å². The van der Waals surface area contributed by atoms with Gasteiger partial charge in [-0.1, -0.05) is 42.5 Å². The molecule has 0 N–H and O–H groups in total. The highest BCUT2D eigenvalue weighted by atomic mass is 16.5. The Labute approximate surface area is 162 Å². The number of ether oxygens (including phenoxy) is 2. The van der Waals surface area contributed by atoms with E-state index in [-0.39, 0.29) is 5.91 Å². The zero-order valence-electron chi connectivity index (χ0n) is 15.6. The number of hydrogen-bond acceptors (Lipinski definition) is 6. The van der Waals surface area contributed by atoms with Crippen LogP contribution in [0.4, 0.5) is 0 Å². The highest BCUT2D eigenvalue weighted by Crippen LogP contribution is 2.23. The average Bonchev–Trinajstić information content (AvgIpc) is 3.25. The van der Waals surface area contributed by atoms with E-state index in [2.05, 4.69) is 15.4 Å². The second-order valence-corrected chi connectivity index (χ2v) is 6.42. The molecule has 3 aromatic rings. The summed E-state index contributed by atoms with van der Waals surface area (Å²) in [5.41, 5.74) is 1.59. The maximum absolute atomic E-state index is 13.3. The van der Waals surface area contributed by atoms with Crippen molar-refractivity contribution < 1.29 is 14.3 Å². The smallest absolute Gasteiger partial charge is 0.254 e. The number of carbonyl (C=O) groups is 1. The Hall–Kier alpha value is -3.26. The van der Waals surface area contributed by atoms with E-state index in [1.54, 1.807) is 12.0 Å². The van der Waals surface area contributed by atoms with Gasteiger partial charge in [0.2, 0.25) is 5.82 Å². The Bertz CT molecular complexity index is 938. The van der Waals surface area contributed by atoms with Gasteiger partial charge in [-0.15, -0.1) is 15.0 Å². The van der Waals surface area contributed by atoms with Gasteiger partial charge in [0.1, 0.15) is 5.75 Å². The molecule has 1 aliphatic rings. The fourth-order valence-corrected chi connectivity index (χ4v) is 3.18. The summed E-state index contributed by atoms with van der Waals surface area (Å²) in [6.07, 6.45) is 0. The van der Waals surface area contributed by atoms with E-state index < -0.39 is 6.04 Å². The number of aromatic nitrogens is 4. The van der Waals surface area contributed by atoms with Crippen LogP contribution >= 0.6 is 0 Å². The van der Waals surface area contributed by atoms with Gasteiger partial charge in [0, 0.05) is 18.7 Å². The number of methoxy groups -OCH3 is 1. The number of benzene rings is 2. The number of morpholine rings is 1. The van der Waals surface area contributed by atoms with E-state index in [0.717, 1.165) is 11.1 Å². The van der Waals surface area contributed by atoms with Crippen LogP contribution in [-0.2, 0) is 9.53 Å². The summed E-state index contributed by atoms with van der Waals surface area (Å²) in [6.45, 7) is 2.18. The first kappa shape index (κ1) is 18.1. The molecule has 0 spiro atoms. The maximum atomic E-state index is 13.3. The van der Waals surface area contributed by atoms with Gasteiger partial charge in [-0.05, 0) is 22.9 Å². The van der Waals surface area contributed by atoms with Crippen molar-refractivity contribution >= 4 is 5.91 Å². The molecule has 1 atom stereocenters. The molecule has 1 fully saturated rings. The Morgan fingerprint density at radius 1 is 1.11 bits per heavy atom. The Kier molecular flexibility index (Phi) is 5.29. The summed E-state index contributed by atoms with van der Waals surface area (Å²) < 4.78 is 10.6. The molecule has 0 saturated carbocycles. The SMILES string of the molecule is COc1cccc(-c2nnn(C(C(=O)N3CCOCC3)c3ccccc3)n2)c1. The van der Waals surface area contributed by atoms with Crippen LogP contribution in [0, 0.1) is 0 Å². The van der Waals surface area contributed by atoms with Crippen LogP contribution in [-0.4, -0.2) is 64.4 Å². The number of nitrogens with zero attached hydrogens (tertiary/aromatic N) is 5. The Balaban J connectivity index is 1.69. The van der Waals surface area contributed by atoms with Crippen LogP contribution < -0.4 is 4.74 Å². The molecule has 8 nitrogen and oxygen atoms in total. The third-order valence-corrected chi connectivity index (χ3v) is 4.66. The van der Waals surface area contributed by atoms with E-state index >= 15 is 0 Å². The summed E-state index contributed by atoms with van der Waals surface area (Å²) in [5, 5.41) is 12.9. The molecular formula is C20H21N5O3. The van der Waals surface area contributed by atoms with Gasteiger partial charge in [-0.3, -0.25) is 4.79 Å². The minimum Gasteiger partial charge on any atom is -0.497 e. The van der Waals surface area contributed by atoms with Gasteiger partial charge >= 0.3 is 0 Å². The first-order chi connectivity index (χ1) is 13.8. The van der Waals surface area contributed by atoms with Gasteiger partial charge in [0.05, 0.1) is 20.3 Å². The minimum absolute atomic E-state index is 0.0657.